The normalized spacial score (nSPS) is 11.4. The summed E-state index contributed by atoms with van der Waals surface area (Å²) < 4.78 is 21.6. The van der Waals surface area contributed by atoms with E-state index in [-0.39, 0.29) is 5.03 Å². The van der Waals surface area contributed by atoms with Crippen LogP contribution in [0.3, 0.4) is 0 Å². The summed E-state index contributed by atoms with van der Waals surface area (Å²) in [4.78, 5) is 25.0. The van der Waals surface area contributed by atoms with Crippen LogP contribution in [0.5, 0.6) is 0 Å². The highest BCUT2D eigenvalue weighted by atomic mass is 32.2. The molecule has 0 aliphatic carbocycles. The molecule has 6 nitrogen and oxygen atoms in total. The van der Waals surface area contributed by atoms with Crippen molar-refractivity contribution in [2.75, 3.05) is 6.26 Å². The standard InChI is InChI=1S/C5H6N2O4S/c1-12(10,11)4-2-3(8)6-5(9)7-4/h2H,1H3,(H2,6,7,8,9). The van der Waals surface area contributed by atoms with Gasteiger partial charge in [-0.15, -0.1) is 0 Å². The van der Waals surface area contributed by atoms with E-state index < -0.39 is 21.1 Å². The third-order valence-electron chi connectivity index (χ3n) is 1.14. The second-order valence-corrected chi connectivity index (χ2v) is 4.21. The molecule has 0 fully saturated rings. The van der Waals surface area contributed by atoms with Gasteiger partial charge in [-0.25, -0.2) is 13.2 Å². The number of sulfone groups is 1. The molecule has 0 atom stereocenters. The second kappa shape index (κ2) is 2.59. The maximum atomic E-state index is 10.8. The number of H-pyrrole nitrogens is 2. The molecule has 0 aliphatic rings. The quantitative estimate of drug-likeness (QED) is 0.524. The summed E-state index contributed by atoms with van der Waals surface area (Å²) in [7, 11) is -3.52. The first-order valence-corrected chi connectivity index (χ1v) is 4.82. The van der Waals surface area contributed by atoms with E-state index in [4.69, 9.17) is 0 Å². The lowest BCUT2D eigenvalue weighted by atomic mass is 10.7. The minimum Gasteiger partial charge on any atom is -0.298 e. The van der Waals surface area contributed by atoms with E-state index in [1.807, 2.05) is 9.97 Å². The van der Waals surface area contributed by atoms with Gasteiger partial charge in [-0.2, -0.15) is 0 Å². The van der Waals surface area contributed by atoms with Crippen LogP contribution in [0.2, 0.25) is 0 Å². The summed E-state index contributed by atoms with van der Waals surface area (Å²) in [5, 5.41) is -0.378. The number of nitrogens with one attached hydrogen (secondary N) is 2. The molecule has 0 amide bonds. The van der Waals surface area contributed by atoms with Crippen LogP contribution in [0.4, 0.5) is 0 Å². The number of rotatable bonds is 1. The summed E-state index contributed by atoms with van der Waals surface area (Å²) in [5.74, 6) is 0. The van der Waals surface area contributed by atoms with E-state index in [2.05, 4.69) is 0 Å². The van der Waals surface area contributed by atoms with Crippen molar-refractivity contribution in [2.24, 2.45) is 0 Å². The van der Waals surface area contributed by atoms with Gasteiger partial charge in [0.2, 0.25) is 0 Å². The van der Waals surface area contributed by atoms with Crippen molar-refractivity contribution in [3.8, 4) is 0 Å². The Balaban J connectivity index is 3.59. The fraction of sp³-hybridized carbons (Fsp3) is 0.200. The lowest BCUT2D eigenvalue weighted by molar-refractivity contribution is 0.597. The van der Waals surface area contributed by atoms with Gasteiger partial charge < -0.3 is 0 Å². The van der Waals surface area contributed by atoms with Crippen molar-refractivity contribution < 1.29 is 8.42 Å². The van der Waals surface area contributed by atoms with E-state index >= 15 is 0 Å². The van der Waals surface area contributed by atoms with Crippen molar-refractivity contribution in [1.82, 2.24) is 9.97 Å². The zero-order valence-electron chi connectivity index (χ0n) is 6.12. The molecule has 7 heteroatoms. The Morgan fingerprint density at radius 1 is 1.25 bits per heavy atom. The predicted octanol–water partition coefficient (Wildman–Crippen LogP) is -1.53. The van der Waals surface area contributed by atoms with Gasteiger partial charge in [-0.05, 0) is 0 Å². The van der Waals surface area contributed by atoms with Crippen molar-refractivity contribution in [1.29, 1.82) is 0 Å². The molecule has 1 heterocycles. The second-order valence-electron chi connectivity index (χ2n) is 2.22. The molecule has 66 valence electrons. The maximum Gasteiger partial charge on any atom is 0.326 e. The monoisotopic (exact) mass is 190 g/mol. The number of hydrogen-bond acceptors (Lipinski definition) is 4. The van der Waals surface area contributed by atoms with Crippen LogP contribution >= 0.6 is 0 Å². The van der Waals surface area contributed by atoms with Gasteiger partial charge in [0.15, 0.2) is 9.84 Å². The molecule has 1 aromatic heterocycles. The predicted molar refractivity (Wildman–Crippen MR) is 40.8 cm³/mol. The van der Waals surface area contributed by atoms with Gasteiger partial charge in [0, 0.05) is 12.3 Å². The zero-order chi connectivity index (χ0) is 9.35. The molecule has 0 aromatic carbocycles. The molecular formula is C5H6N2O4S. The molecule has 12 heavy (non-hydrogen) atoms. The summed E-state index contributed by atoms with van der Waals surface area (Å²) in [5.41, 5.74) is -1.57. The SMILES string of the molecule is CS(=O)(=O)c1cc(=O)[nH]c(=O)[nH]1. The molecule has 1 rings (SSSR count). The van der Waals surface area contributed by atoms with Crippen LogP contribution in [0.1, 0.15) is 0 Å². The molecule has 0 spiro atoms. The Morgan fingerprint density at radius 2 is 1.83 bits per heavy atom. The smallest absolute Gasteiger partial charge is 0.298 e. The Kier molecular flexibility index (Phi) is 1.89. The van der Waals surface area contributed by atoms with Gasteiger partial charge in [0.05, 0.1) is 0 Å². The highest BCUT2D eigenvalue weighted by molar-refractivity contribution is 7.90. The first-order chi connectivity index (χ1) is 5.39. The van der Waals surface area contributed by atoms with Crippen LogP contribution in [0, 0.1) is 0 Å². The number of aromatic nitrogens is 2. The van der Waals surface area contributed by atoms with Crippen molar-refractivity contribution in [3.05, 3.63) is 26.9 Å². The minimum absolute atomic E-state index is 0.378. The van der Waals surface area contributed by atoms with E-state index in [0.29, 0.717) is 0 Å². The first-order valence-electron chi connectivity index (χ1n) is 2.93. The van der Waals surface area contributed by atoms with Gasteiger partial charge in [-0.1, -0.05) is 0 Å². The number of aromatic amines is 2. The third-order valence-corrected chi connectivity index (χ3v) is 2.15. The Labute approximate surface area is 67.2 Å². The van der Waals surface area contributed by atoms with Gasteiger partial charge in [-0.3, -0.25) is 14.8 Å². The molecule has 0 aliphatic heterocycles. The van der Waals surface area contributed by atoms with Crippen molar-refractivity contribution in [2.45, 2.75) is 5.03 Å². The Hall–Kier alpha value is -1.37. The van der Waals surface area contributed by atoms with Crippen molar-refractivity contribution in [3.63, 3.8) is 0 Å². The zero-order valence-corrected chi connectivity index (χ0v) is 6.94. The van der Waals surface area contributed by atoms with E-state index in [1.165, 1.54) is 0 Å². The molecule has 0 saturated heterocycles. The van der Waals surface area contributed by atoms with E-state index in [9.17, 15) is 18.0 Å². The molecular weight excluding hydrogens is 184 g/mol. The molecule has 0 saturated carbocycles. The molecule has 0 radical (unpaired) electrons. The average Bonchev–Trinajstić information content (AvgIpc) is 1.82. The fourth-order valence-electron chi connectivity index (χ4n) is 0.646. The molecule has 2 N–H and O–H groups in total. The van der Waals surface area contributed by atoms with Crippen LogP contribution in [-0.4, -0.2) is 24.6 Å². The van der Waals surface area contributed by atoms with Crippen LogP contribution in [0.15, 0.2) is 20.7 Å². The molecule has 0 bridgehead atoms. The average molecular weight is 190 g/mol. The number of hydrogen-bond donors (Lipinski definition) is 2. The maximum absolute atomic E-state index is 10.8. The minimum atomic E-state index is -3.52. The van der Waals surface area contributed by atoms with Crippen molar-refractivity contribution >= 4 is 9.84 Å². The Bertz CT molecular complexity index is 466. The molecule has 1 aromatic rings. The molecule has 0 unspecified atom stereocenters. The van der Waals surface area contributed by atoms with Gasteiger partial charge >= 0.3 is 5.69 Å². The highest BCUT2D eigenvalue weighted by Gasteiger charge is 2.08. The Morgan fingerprint density at radius 3 is 2.25 bits per heavy atom. The largest absolute Gasteiger partial charge is 0.326 e. The topological polar surface area (TPSA) is 99.9 Å². The van der Waals surface area contributed by atoms with Crippen LogP contribution < -0.4 is 11.2 Å². The first kappa shape index (κ1) is 8.72. The summed E-state index contributed by atoms with van der Waals surface area (Å²) >= 11 is 0. The highest BCUT2D eigenvalue weighted by Crippen LogP contribution is 1.95. The van der Waals surface area contributed by atoms with Gasteiger partial charge in [0.1, 0.15) is 5.03 Å². The van der Waals surface area contributed by atoms with E-state index in [0.717, 1.165) is 12.3 Å². The van der Waals surface area contributed by atoms with E-state index in [1.54, 1.807) is 0 Å². The lowest BCUT2D eigenvalue weighted by Gasteiger charge is -1.93. The third kappa shape index (κ3) is 1.82. The fourth-order valence-corrected chi connectivity index (χ4v) is 1.25. The van der Waals surface area contributed by atoms with Crippen LogP contribution in [0.25, 0.3) is 0 Å². The summed E-state index contributed by atoms with van der Waals surface area (Å²) in [6.07, 6.45) is 0.901. The van der Waals surface area contributed by atoms with Gasteiger partial charge in [0.25, 0.3) is 5.56 Å². The summed E-state index contributed by atoms with van der Waals surface area (Å²) in [6.45, 7) is 0. The lowest BCUT2D eigenvalue weighted by Crippen LogP contribution is -2.24. The van der Waals surface area contributed by atoms with Crippen LogP contribution in [-0.2, 0) is 9.84 Å². The summed E-state index contributed by atoms with van der Waals surface area (Å²) in [6, 6.07) is 0.816.